The number of benzene rings is 1. The topological polar surface area (TPSA) is 122 Å². The van der Waals surface area contributed by atoms with E-state index in [1.807, 2.05) is 5.40 Å². The van der Waals surface area contributed by atoms with Crippen molar-refractivity contribution >= 4 is 37.3 Å². The highest BCUT2D eigenvalue weighted by Gasteiger charge is 2.33. The van der Waals surface area contributed by atoms with Gasteiger partial charge in [0.2, 0.25) is 0 Å². The van der Waals surface area contributed by atoms with Crippen LogP contribution < -0.4 is 4.72 Å². The second-order valence-electron chi connectivity index (χ2n) is 6.32. The fraction of sp³-hybridized carbons (Fsp3) is 0.375. The number of thioether (sulfide) groups is 1. The van der Waals surface area contributed by atoms with Crippen molar-refractivity contribution in [3.8, 4) is 5.40 Å². The number of nitriles is 1. The molecule has 2 heterocycles. The first-order valence-electron chi connectivity index (χ1n) is 8.08. The average molecular weight is 427 g/mol. The van der Waals surface area contributed by atoms with Gasteiger partial charge in [0.15, 0.2) is 9.84 Å². The second-order valence-corrected chi connectivity index (χ2v) is 11.0. The highest BCUT2D eigenvalue weighted by Crippen LogP contribution is 2.30. The van der Waals surface area contributed by atoms with Gasteiger partial charge < -0.3 is 0 Å². The molecule has 1 saturated heterocycles. The molecule has 11 heteroatoms. The Balaban J connectivity index is 1.90. The van der Waals surface area contributed by atoms with Crippen molar-refractivity contribution in [3.63, 3.8) is 0 Å². The zero-order valence-electron chi connectivity index (χ0n) is 14.7. The van der Waals surface area contributed by atoms with Gasteiger partial charge in [-0.2, -0.15) is 10.4 Å². The molecular formula is C16H18N4O4S3. The van der Waals surface area contributed by atoms with Crippen LogP contribution in [0, 0.1) is 24.5 Å². The molecule has 0 saturated carbocycles. The zero-order chi connectivity index (χ0) is 19.8. The van der Waals surface area contributed by atoms with E-state index >= 15 is 0 Å². The van der Waals surface area contributed by atoms with Crippen molar-refractivity contribution in [1.29, 1.82) is 5.26 Å². The average Bonchev–Trinajstić information content (AvgIpc) is 3.08. The van der Waals surface area contributed by atoms with Gasteiger partial charge in [0.25, 0.3) is 10.0 Å². The number of rotatable bonds is 5. The number of aromatic nitrogens is 2. The molecule has 1 N–H and O–H groups in total. The molecule has 0 unspecified atom stereocenters. The minimum Gasteiger partial charge on any atom is -0.280 e. The molecule has 8 nitrogen and oxygen atoms in total. The normalized spacial score (nSPS) is 18.9. The van der Waals surface area contributed by atoms with Crippen LogP contribution in [0.5, 0.6) is 0 Å². The minimum absolute atomic E-state index is 0.0279. The van der Waals surface area contributed by atoms with Crippen LogP contribution in [0.4, 0.5) is 5.69 Å². The molecule has 0 amide bonds. The molecular weight excluding hydrogens is 408 g/mol. The number of thiocyanates is 1. The van der Waals surface area contributed by atoms with Crippen molar-refractivity contribution in [3.05, 3.63) is 35.7 Å². The van der Waals surface area contributed by atoms with Crippen LogP contribution in [0.3, 0.4) is 0 Å². The number of nitrogens with one attached hydrogen (secondary N) is 1. The number of anilines is 1. The van der Waals surface area contributed by atoms with Gasteiger partial charge in [0.05, 0.1) is 28.9 Å². The molecule has 1 aliphatic rings. The van der Waals surface area contributed by atoms with Crippen molar-refractivity contribution < 1.29 is 16.8 Å². The standard InChI is InChI=1S/C16H18N4O4S3/c1-11-16(12(2)20(18-11)14-7-8-26(21,22)9-14)27(23,24)19-13-3-5-15(6-4-13)25-10-17/h3-6,14,19H,7-9H2,1-2H3/t14-/m1/s1. The molecule has 27 heavy (non-hydrogen) atoms. The number of nitrogens with zero attached hydrogens (tertiary/aromatic N) is 3. The summed E-state index contributed by atoms with van der Waals surface area (Å²) in [6, 6.07) is 6.11. The van der Waals surface area contributed by atoms with Crippen molar-refractivity contribution in [1.82, 2.24) is 9.78 Å². The van der Waals surface area contributed by atoms with Crippen LogP contribution >= 0.6 is 11.8 Å². The van der Waals surface area contributed by atoms with Gasteiger partial charge in [-0.15, -0.1) is 0 Å². The molecule has 1 aliphatic heterocycles. The molecule has 0 bridgehead atoms. The SMILES string of the molecule is Cc1nn([C@@H]2CCS(=O)(=O)C2)c(C)c1S(=O)(=O)Nc1ccc(SC#N)cc1. The lowest BCUT2D eigenvalue weighted by atomic mass is 10.2. The number of hydrogen-bond acceptors (Lipinski definition) is 7. The number of aryl methyl sites for hydroxylation is 1. The van der Waals surface area contributed by atoms with E-state index in [9.17, 15) is 16.8 Å². The lowest BCUT2D eigenvalue weighted by Gasteiger charge is -2.12. The molecule has 2 aromatic rings. The van der Waals surface area contributed by atoms with Crippen molar-refractivity contribution in [2.45, 2.75) is 36.1 Å². The Kier molecular flexibility index (Phi) is 5.24. The Morgan fingerprint density at radius 3 is 2.52 bits per heavy atom. The lowest BCUT2D eigenvalue weighted by molar-refractivity contribution is 0.484. The fourth-order valence-corrected chi connectivity index (χ4v) is 6.74. The maximum absolute atomic E-state index is 12.9. The Labute approximate surface area is 162 Å². The molecule has 0 spiro atoms. The van der Waals surface area contributed by atoms with Gasteiger partial charge in [-0.25, -0.2) is 16.8 Å². The second kappa shape index (κ2) is 7.18. The van der Waals surface area contributed by atoms with Crippen LogP contribution in [-0.4, -0.2) is 38.1 Å². The number of sulfone groups is 1. The van der Waals surface area contributed by atoms with Crippen LogP contribution in [0.15, 0.2) is 34.1 Å². The molecule has 1 aromatic heterocycles. The summed E-state index contributed by atoms with van der Waals surface area (Å²) in [6.45, 7) is 3.22. The van der Waals surface area contributed by atoms with E-state index in [1.54, 1.807) is 38.1 Å². The third-order valence-electron chi connectivity index (χ3n) is 4.35. The molecule has 0 aliphatic carbocycles. The summed E-state index contributed by atoms with van der Waals surface area (Å²) in [4.78, 5) is 0.769. The van der Waals surface area contributed by atoms with Crippen molar-refractivity contribution in [2.75, 3.05) is 16.2 Å². The van der Waals surface area contributed by atoms with Crippen LogP contribution in [0.1, 0.15) is 23.9 Å². The third kappa shape index (κ3) is 4.12. The van der Waals surface area contributed by atoms with E-state index in [4.69, 9.17) is 5.26 Å². The Hall–Kier alpha value is -2.03. The minimum atomic E-state index is -3.89. The third-order valence-corrected chi connectivity index (χ3v) is 8.33. The largest absolute Gasteiger partial charge is 0.280 e. The summed E-state index contributed by atoms with van der Waals surface area (Å²) in [7, 11) is -7.00. The predicted molar refractivity (Wildman–Crippen MR) is 103 cm³/mol. The molecule has 1 aromatic carbocycles. The summed E-state index contributed by atoms with van der Waals surface area (Å²) >= 11 is 0.986. The lowest BCUT2D eigenvalue weighted by Crippen LogP contribution is -2.17. The van der Waals surface area contributed by atoms with Gasteiger partial charge in [0.1, 0.15) is 10.3 Å². The van der Waals surface area contributed by atoms with Gasteiger partial charge >= 0.3 is 0 Å². The zero-order valence-corrected chi connectivity index (χ0v) is 17.2. The van der Waals surface area contributed by atoms with E-state index in [0.717, 1.165) is 11.8 Å². The highest BCUT2D eigenvalue weighted by atomic mass is 32.2. The summed E-state index contributed by atoms with van der Waals surface area (Å²) in [5.41, 5.74) is 1.10. The van der Waals surface area contributed by atoms with Gasteiger partial charge in [0, 0.05) is 10.6 Å². The smallest absolute Gasteiger partial charge is 0.265 e. The van der Waals surface area contributed by atoms with Gasteiger partial charge in [-0.3, -0.25) is 9.40 Å². The number of hydrogen-bond donors (Lipinski definition) is 1. The quantitative estimate of drug-likeness (QED) is 0.574. The molecule has 144 valence electrons. The molecule has 0 radical (unpaired) electrons. The van der Waals surface area contributed by atoms with E-state index < -0.39 is 19.9 Å². The van der Waals surface area contributed by atoms with E-state index in [-0.39, 0.29) is 22.4 Å². The molecule has 3 rings (SSSR count). The first-order valence-corrected chi connectivity index (χ1v) is 12.2. The van der Waals surface area contributed by atoms with Gasteiger partial charge in [-0.1, -0.05) is 0 Å². The number of sulfonamides is 1. The maximum atomic E-state index is 12.9. The Morgan fingerprint density at radius 1 is 1.30 bits per heavy atom. The first-order chi connectivity index (χ1) is 12.6. The van der Waals surface area contributed by atoms with Gasteiger partial charge in [-0.05, 0) is 56.3 Å². The fourth-order valence-electron chi connectivity index (χ4n) is 3.21. The molecule has 1 atom stereocenters. The summed E-state index contributed by atoms with van der Waals surface area (Å²) < 4.78 is 53.2. The van der Waals surface area contributed by atoms with E-state index in [2.05, 4.69) is 9.82 Å². The molecule has 1 fully saturated rings. The summed E-state index contributed by atoms with van der Waals surface area (Å²) in [5, 5.41) is 14.9. The summed E-state index contributed by atoms with van der Waals surface area (Å²) in [6.07, 6.45) is 0.426. The Bertz CT molecular complexity index is 1110. The van der Waals surface area contributed by atoms with Crippen LogP contribution in [-0.2, 0) is 19.9 Å². The summed E-state index contributed by atoms with van der Waals surface area (Å²) in [5.74, 6) is 0.0588. The van der Waals surface area contributed by atoms with Crippen LogP contribution in [0.25, 0.3) is 0 Å². The predicted octanol–water partition coefficient (Wildman–Crippen LogP) is 2.23. The first kappa shape index (κ1) is 19.7. The monoisotopic (exact) mass is 426 g/mol. The maximum Gasteiger partial charge on any atom is 0.265 e. The van der Waals surface area contributed by atoms with E-state index in [0.29, 0.717) is 28.4 Å². The van der Waals surface area contributed by atoms with Crippen LogP contribution in [0.2, 0.25) is 0 Å². The highest BCUT2D eigenvalue weighted by molar-refractivity contribution is 8.03. The van der Waals surface area contributed by atoms with E-state index in [1.165, 1.54) is 4.68 Å². The van der Waals surface area contributed by atoms with Crippen molar-refractivity contribution in [2.24, 2.45) is 0 Å². The Morgan fingerprint density at radius 2 is 1.96 bits per heavy atom.